The van der Waals surface area contributed by atoms with Crippen molar-refractivity contribution in [3.05, 3.63) is 35.9 Å². The molecule has 1 aromatic rings. The number of nitrogens with two attached hydrogens (primary N) is 2. The van der Waals surface area contributed by atoms with Crippen LogP contribution in [0.15, 0.2) is 30.3 Å². The van der Waals surface area contributed by atoms with E-state index in [0.29, 0.717) is 12.2 Å². The maximum absolute atomic E-state index is 13.3. The third kappa shape index (κ3) is 10.6. The van der Waals surface area contributed by atoms with E-state index in [0.717, 1.165) is 5.56 Å². The molecule has 0 aliphatic rings. The lowest BCUT2D eigenvalue weighted by Gasteiger charge is -2.28. The topological polar surface area (TPSA) is 194 Å². The standard InChI is InChI=1S/C24H37N5O6S/c1-4-14(2)20(23(33)27-17(24(34)35)10-11-36-3)29-22(32)18(12-15-8-6-5-7-9-15)28-21(31)16(25)13-19(26)30/h5-9,14,16-18,20H,4,10-13,25H2,1-3H3,(H2,26,30)(H,27,33)(H,28,31)(H,29,32)(H,34,35). The molecular formula is C24H37N5O6S. The van der Waals surface area contributed by atoms with Gasteiger partial charge in [0.1, 0.15) is 18.1 Å². The molecule has 0 aromatic heterocycles. The molecule has 0 bridgehead atoms. The highest BCUT2D eigenvalue weighted by Gasteiger charge is 2.33. The van der Waals surface area contributed by atoms with Crippen LogP contribution in [0.1, 0.15) is 38.7 Å². The lowest BCUT2D eigenvalue weighted by molar-refractivity contribution is -0.142. The number of primary amides is 1. The van der Waals surface area contributed by atoms with E-state index in [-0.39, 0.29) is 18.8 Å². The molecular weight excluding hydrogens is 486 g/mol. The first-order valence-electron chi connectivity index (χ1n) is 11.7. The first-order chi connectivity index (χ1) is 17.0. The number of rotatable bonds is 16. The monoisotopic (exact) mass is 523 g/mol. The summed E-state index contributed by atoms with van der Waals surface area (Å²) in [7, 11) is 0. The van der Waals surface area contributed by atoms with Crippen LogP contribution < -0.4 is 27.4 Å². The van der Waals surface area contributed by atoms with E-state index >= 15 is 0 Å². The number of thioether (sulfide) groups is 1. The van der Waals surface area contributed by atoms with Gasteiger partial charge in [0, 0.05) is 6.42 Å². The second kappa shape index (κ2) is 15.8. The zero-order valence-corrected chi connectivity index (χ0v) is 21.7. The normalized spacial score (nSPS) is 15.0. The summed E-state index contributed by atoms with van der Waals surface area (Å²) >= 11 is 1.46. The van der Waals surface area contributed by atoms with Crippen molar-refractivity contribution >= 4 is 41.4 Å². The second-order valence-corrected chi connectivity index (χ2v) is 9.57. The van der Waals surface area contributed by atoms with E-state index in [1.165, 1.54) is 11.8 Å². The zero-order chi connectivity index (χ0) is 27.3. The second-order valence-electron chi connectivity index (χ2n) is 8.58. The molecule has 0 fully saturated rings. The Labute approximate surface area is 215 Å². The molecule has 8 N–H and O–H groups in total. The van der Waals surface area contributed by atoms with E-state index in [1.54, 1.807) is 37.3 Å². The van der Waals surface area contributed by atoms with E-state index in [2.05, 4.69) is 16.0 Å². The van der Waals surface area contributed by atoms with E-state index in [9.17, 15) is 29.1 Å². The predicted octanol–water partition coefficient (Wildman–Crippen LogP) is -0.230. The molecule has 0 radical (unpaired) electrons. The fraction of sp³-hybridized carbons (Fsp3) is 0.542. The highest BCUT2D eigenvalue weighted by molar-refractivity contribution is 7.98. The SMILES string of the molecule is CCC(C)C(NC(=O)C(Cc1ccccc1)NC(=O)C(N)CC(N)=O)C(=O)NC(CCSC)C(=O)O. The Kier molecular flexibility index (Phi) is 13.6. The maximum atomic E-state index is 13.3. The highest BCUT2D eigenvalue weighted by atomic mass is 32.2. The Hall–Kier alpha value is -3.12. The quantitative estimate of drug-likeness (QED) is 0.171. The van der Waals surface area contributed by atoms with Gasteiger partial charge in [-0.1, -0.05) is 50.6 Å². The van der Waals surface area contributed by atoms with Gasteiger partial charge in [0.05, 0.1) is 12.5 Å². The molecule has 0 aliphatic carbocycles. The summed E-state index contributed by atoms with van der Waals surface area (Å²) in [6.07, 6.45) is 2.30. The summed E-state index contributed by atoms with van der Waals surface area (Å²) in [5.41, 5.74) is 11.6. The number of carbonyl (C=O) groups is 5. The Morgan fingerprint density at radius 1 is 0.972 bits per heavy atom. The van der Waals surface area contributed by atoms with Crippen molar-refractivity contribution in [3.63, 3.8) is 0 Å². The summed E-state index contributed by atoms with van der Waals surface area (Å²) in [4.78, 5) is 61.6. The number of hydrogen-bond donors (Lipinski definition) is 6. The smallest absolute Gasteiger partial charge is 0.326 e. The third-order valence-electron chi connectivity index (χ3n) is 5.69. The van der Waals surface area contributed by atoms with Crippen molar-refractivity contribution in [2.24, 2.45) is 17.4 Å². The van der Waals surface area contributed by atoms with Crippen LogP contribution in [-0.2, 0) is 30.4 Å². The predicted molar refractivity (Wildman–Crippen MR) is 138 cm³/mol. The van der Waals surface area contributed by atoms with Crippen LogP contribution in [0.3, 0.4) is 0 Å². The molecule has 0 saturated heterocycles. The van der Waals surface area contributed by atoms with Crippen molar-refractivity contribution in [1.82, 2.24) is 16.0 Å². The third-order valence-corrected chi connectivity index (χ3v) is 6.34. The molecule has 1 aromatic carbocycles. The maximum Gasteiger partial charge on any atom is 0.326 e. The van der Waals surface area contributed by atoms with Gasteiger partial charge in [-0.05, 0) is 29.9 Å². The van der Waals surface area contributed by atoms with Crippen LogP contribution in [-0.4, -0.2) is 70.9 Å². The highest BCUT2D eigenvalue weighted by Crippen LogP contribution is 2.11. The van der Waals surface area contributed by atoms with Crippen LogP contribution in [0.4, 0.5) is 0 Å². The minimum absolute atomic E-state index is 0.0992. The molecule has 0 heterocycles. The fourth-order valence-electron chi connectivity index (χ4n) is 3.36. The van der Waals surface area contributed by atoms with Gasteiger partial charge in [-0.3, -0.25) is 19.2 Å². The van der Waals surface area contributed by atoms with Crippen molar-refractivity contribution in [2.75, 3.05) is 12.0 Å². The average Bonchev–Trinajstić information content (AvgIpc) is 2.83. The molecule has 4 amide bonds. The number of nitrogens with one attached hydrogen (secondary N) is 3. The van der Waals surface area contributed by atoms with Gasteiger partial charge in [0.2, 0.25) is 23.6 Å². The number of aliphatic carboxylic acids is 1. The number of carbonyl (C=O) groups excluding carboxylic acids is 4. The number of benzene rings is 1. The number of hydrogen-bond acceptors (Lipinski definition) is 7. The van der Waals surface area contributed by atoms with Crippen LogP contribution in [0.25, 0.3) is 0 Å². The average molecular weight is 524 g/mol. The summed E-state index contributed by atoms with van der Waals surface area (Å²) in [5, 5.41) is 17.2. The molecule has 1 rings (SSSR count). The Bertz CT molecular complexity index is 900. The fourth-order valence-corrected chi connectivity index (χ4v) is 3.83. The first-order valence-corrected chi connectivity index (χ1v) is 13.1. The molecule has 11 nitrogen and oxygen atoms in total. The molecule has 0 saturated carbocycles. The van der Waals surface area contributed by atoms with Crippen molar-refractivity contribution in [1.29, 1.82) is 0 Å². The van der Waals surface area contributed by atoms with Crippen molar-refractivity contribution < 1.29 is 29.1 Å². The van der Waals surface area contributed by atoms with E-state index in [4.69, 9.17) is 11.5 Å². The van der Waals surface area contributed by atoms with Crippen molar-refractivity contribution in [3.8, 4) is 0 Å². The van der Waals surface area contributed by atoms with Gasteiger partial charge >= 0.3 is 5.97 Å². The minimum atomic E-state index is -1.24. The van der Waals surface area contributed by atoms with Gasteiger partial charge in [-0.25, -0.2) is 4.79 Å². The summed E-state index contributed by atoms with van der Waals surface area (Å²) in [6, 6.07) is 4.43. The van der Waals surface area contributed by atoms with Gasteiger partial charge < -0.3 is 32.5 Å². The van der Waals surface area contributed by atoms with Crippen LogP contribution in [0.2, 0.25) is 0 Å². The van der Waals surface area contributed by atoms with Gasteiger partial charge in [0.25, 0.3) is 0 Å². The lowest BCUT2D eigenvalue weighted by atomic mass is 9.96. The number of carboxylic acids is 1. The summed E-state index contributed by atoms with van der Waals surface area (Å²) in [5.74, 6) is -3.72. The van der Waals surface area contributed by atoms with Gasteiger partial charge in [0.15, 0.2) is 0 Å². The molecule has 0 aliphatic heterocycles. The molecule has 5 atom stereocenters. The molecule has 12 heteroatoms. The molecule has 0 spiro atoms. The zero-order valence-electron chi connectivity index (χ0n) is 20.9. The van der Waals surface area contributed by atoms with E-state index < -0.39 is 60.2 Å². The Morgan fingerprint density at radius 3 is 2.11 bits per heavy atom. The van der Waals surface area contributed by atoms with Crippen molar-refractivity contribution in [2.45, 2.75) is 63.7 Å². The van der Waals surface area contributed by atoms with Crippen LogP contribution in [0.5, 0.6) is 0 Å². The molecule has 36 heavy (non-hydrogen) atoms. The summed E-state index contributed by atoms with van der Waals surface area (Å²) in [6.45, 7) is 3.60. The Morgan fingerprint density at radius 2 is 1.58 bits per heavy atom. The Balaban J connectivity index is 3.11. The van der Waals surface area contributed by atoms with Gasteiger partial charge in [-0.15, -0.1) is 0 Å². The minimum Gasteiger partial charge on any atom is -0.480 e. The molecule has 5 unspecified atom stereocenters. The number of carboxylic acid groups (broad SMARTS) is 1. The lowest BCUT2D eigenvalue weighted by Crippen LogP contribution is -2.59. The number of amides is 4. The van der Waals surface area contributed by atoms with E-state index in [1.807, 2.05) is 13.2 Å². The largest absolute Gasteiger partial charge is 0.480 e. The summed E-state index contributed by atoms with van der Waals surface area (Å²) < 4.78 is 0. The van der Waals surface area contributed by atoms with Gasteiger partial charge in [-0.2, -0.15) is 11.8 Å². The first kappa shape index (κ1) is 30.9. The van der Waals surface area contributed by atoms with Crippen LogP contribution >= 0.6 is 11.8 Å². The molecule has 200 valence electrons. The van der Waals surface area contributed by atoms with Crippen LogP contribution in [0, 0.1) is 5.92 Å².